The van der Waals surface area contributed by atoms with Crippen molar-refractivity contribution in [2.24, 2.45) is 0 Å². The molecule has 2 aliphatic heterocycles. The highest BCUT2D eigenvalue weighted by atomic mass is 19.1. The molecule has 28 heavy (non-hydrogen) atoms. The summed E-state index contributed by atoms with van der Waals surface area (Å²) in [6.45, 7) is 3.55. The normalized spacial score (nSPS) is 18.8. The highest BCUT2D eigenvalue weighted by Gasteiger charge is 2.32. The number of alkyl halides is 1. The monoisotopic (exact) mass is 377 g/mol. The molecule has 1 aromatic carbocycles. The molecule has 7 heteroatoms. The van der Waals surface area contributed by atoms with Gasteiger partial charge in [-0.2, -0.15) is 5.10 Å². The van der Waals surface area contributed by atoms with Crippen LogP contribution in [-0.4, -0.2) is 39.9 Å². The van der Waals surface area contributed by atoms with Crippen LogP contribution in [0.3, 0.4) is 0 Å². The lowest BCUT2D eigenvalue weighted by Crippen LogP contribution is -2.23. The second-order valence-corrected chi connectivity index (χ2v) is 7.37. The Hall–Kier alpha value is -3.22. The second-order valence-electron chi connectivity index (χ2n) is 7.37. The fourth-order valence-corrected chi connectivity index (χ4v) is 3.84. The van der Waals surface area contributed by atoms with Crippen molar-refractivity contribution in [3.05, 3.63) is 65.6 Å². The lowest BCUT2D eigenvalue weighted by molar-refractivity contribution is 0.0996. The molecule has 1 fully saturated rings. The minimum Gasteiger partial charge on any atom is -0.354 e. The summed E-state index contributed by atoms with van der Waals surface area (Å²) in [4.78, 5) is 21.0. The van der Waals surface area contributed by atoms with E-state index in [2.05, 4.69) is 10.1 Å². The van der Waals surface area contributed by atoms with Crippen molar-refractivity contribution in [1.82, 2.24) is 14.8 Å². The van der Waals surface area contributed by atoms with Gasteiger partial charge in [0.05, 0.1) is 36.2 Å². The molecule has 5 rings (SSSR count). The van der Waals surface area contributed by atoms with E-state index in [-0.39, 0.29) is 5.91 Å². The summed E-state index contributed by atoms with van der Waals surface area (Å²) < 4.78 is 15.1. The molecule has 6 nitrogen and oxygen atoms in total. The van der Waals surface area contributed by atoms with Crippen LogP contribution in [-0.2, 0) is 6.54 Å². The van der Waals surface area contributed by atoms with Crippen LogP contribution in [0.2, 0.25) is 0 Å². The Kier molecular flexibility index (Phi) is 3.89. The van der Waals surface area contributed by atoms with E-state index in [0.717, 1.165) is 28.5 Å². The molecule has 142 valence electrons. The van der Waals surface area contributed by atoms with Crippen LogP contribution in [0, 0.1) is 6.92 Å². The number of aryl methyl sites for hydroxylation is 1. The van der Waals surface area contributed by atoms with Crippen LogP contribution in [0.1, 0.15) is 28.0 Å². The summed E-state index contributed by atoms with van der Waals surface area (Å²) in [7, 11) is 0. The molecular formula is C21H20FN5O. The maximum absolute atomic E-state index is 13.4. The molecule has 0 unspecified atom stereocenters. The Labute approximate surface area is 162 Å². The van der Waals surface area contributed by atoms with E-state index in [1.165, 1.54) is 0 Å². The van der Waals surface area contributed by atoms with Gasteiger partial charge in [0.1, 0.15) is 12.0 Å². The summed E-state index contributed by atoms with van der Waals surface area (Å²) in [6, 6.07) is 11.7. The number of fused-ring (bicyclic) bond motifs is 1. The van der Waals surface area contributed by atoms with Crippen molar-refractivity contribution in [3.8, 4) is 5.69 Å². The highest BCUT2D eigenvalue weighted by Crippen LogP contribution is 2.29. The van der Waals surface area contributed by atoms with Gasteiger partial charge in [-0.15, -0.1) is 0 Å². The number of anilines is 2. The zero-order valence-electron chi connectivity index (χ0n) is 15.5. The molecule has 3 aromatic rings. The molecule has 1 saturated heterocycles. The third-order valence-corrected chi connectivity index (χ3v) is 5.34. The maximum Gasteiger partial charge on any atom is 0.262 e. The van der Waals surface area contributed by atoms with Gasteiger partial charge in [-0.1, -0.05) is 12.1 Å². The molecule has 0 spiro atoms. The summed E-state index contributed by atoms with van der Waals surface area (Å²) in [5, 5.41) is 4.59. The van der Waals surface area contributed by atoms with E-state index < -0.39 is 6.17 Å². The SMILES string of the molecule is Cc1cccc(N2Cc3nn(-c4ccc(N5CC[C@@H](F)C5)nc4)cc3C2=O)c1. The lowest BCUT2D eigenvalue weighted by atomic mass is 10.2. The van der Waals surface area contributed by atoms with Gasteiger partial charge in [0.25, 0.3) is 5.91 Å². The van der Waals surface area contributed by atoms with Crippen molar-refractivity contribution < 1.29 is 9.18 Å². The maximum atomic E-state index is 13.4. The minimum absolute atomic E-state index is 0.0394. The molecule has 1 atom stereocenters. The lowest BCUT2D eigenvalue weighted by Gasteiger charge is -2.17. The van der Waals surface area contributed by atoms with Crippen LogP contribution >= 0.6 is 0 Å². The van der Waals surface area contributed by atoms with E-state index in [0.29, 0.717) is 31.6 Å². The first kappa shape index (κ1) is 16.9. The fraction of sp³-hybridized carbons (Fsp3) is 0.286. The van der Waals surface area contributed by atoms with Crippen molar-refractivity contribution >= 4 is 17.4 Å². The number of nitrogens with zero attached hydrogens (tertiary/aromatic N) is 5. The van der Waals surface area contributed by atoms with Gasteiger partial charge in [-0.05, 0) is 43.2 Å². The van der Waals surface area contributed by atoms with Crippen molar-refractivity contribution in [2.75, 3.05) is 22.9 Å². The van der Waals surface area contributed by atoms with E-state index in [1.807, 2.05) is 48.2 Å². The number of aromatic nitrogens is 3. The van der Waals surface area contributed by atoms with Gasteiger partial charge in [-0.3, -0.25) is 4.79 Å². The number of pyridine rings is 1. The number of hydrogen-bond acceptors (Lipinski definition) is 4. The number of halogens is 1. The zero-order chi connectivity index (χ0) is 19.3. The molecule has 0 radical (unpaired) electrons. The average molecular weight is 377 g/mol. The van der Waals surface area contributed by atoms with Crippen LogP contribution < -0.4 is 9.80 Å². The number of carbonyl (C=O) groups is 1. The summed E-state index contributed by atoms with van der Waals surface area (Å²) in [6.07, 6.45) is 3.25. The zero-order valence-corrected chi connectivity index (χ0v) is 15.5. The number of hydrogen-bond donors (Lipinski definition) is 0. The molecule has 0 saturated carbocycles. The Morgan fingerprint density at radius 1 is 1.18 bits per heavy atom. The molecular weight excluding hydrogens is 357 g/mol. The van der Waals surface area contributed by atoms with Crippen LogP contribution in [0.4, 0.5) is 15.9 Å². The Balaban J connectivity index is 1.37. The number of rotatable bonds is 3. The van der Waals surface area contributed by atoms with Gasteiger partial charge in [0.2, 0.25) is 0 Å². The van der Waals surface area contributed by atoms with Crippen LogP contribution in [0.25, 0.3) is 5.69 Å². The topological polar surface area (TPSA) is 54.3 Å². The van der Waals surface area contributed by atoms with Crippen molar-refractivity contribution in [1.29, 1.82) is 0 Å². The third-order valence-electron chi connectivity index (χ3n) is 5.34. The number of amides is 1. The van der Waals surface area contributed by atoms with Crippen molar-refractivity contribution in [3.63, 3.8) is 0 Å². The van der Waals surface area contributed by atoms with Crippen LogP contribution in [0.5, 0.6) is 0 Å². The van der Waals surface area contributed by atoms with Gasteiger partial charge in [-0.25, -0.2) is 14.1 Å². The van der Waals surface area contributed by atoms with E-state index >= 15 is 0 Å². The van der Waals surface area contributed by atoms with Gasteiger partial charge >= 0.3 is 0 Å². The Morgan fingerprint density at radius 2 is 2.07 bits per heavy atom. The highest BCUT2D eigenvalue weighted by molar-refractivity contribution is 6.09. The quantitative estimate of drug-likeness (QED) is 0.703. The third kappa shape index (κ3) is 2.83. The molecule has 0 N–H and O–H groups in total. The first-order valence-corrected chi connectivity index (χ1v) is 9.41. The largest absolute Gasteiger partial charge is 0.354 e. The fourth-order valence-electron chi connectivity index (χ4n) is 3.84. The van der Waals surface area contributed by atoms with Crippen molar-refractivity contribution in [2.45, 2.75) is 26.1 Å². The standard InChI is InChI=1S/C21H20FN5O/c1-14-3-2-4-16(9-14)26-13-19-18(21(26)28)12-27(24-19)17-5-6-20(23-10-17)25-8-7-15(22)11-25/h2-6,9-10,12,15H,7-8,11,13H2,1H3/t15-/m1/s1. The summed E-state index contributed by atoms with van der Waals surface area (Å²) in [5.74, 6) is 0.729. The average Bonchev–Trinajstić information content (AvgIpc) is 3.38. The Morgan fingerprint density at radius 3 is 2.75 bits per heavy atom. The molecule has 4 heterocycles. The second kappa shape index (κ2) is 6.44. The van der Waals surface area contributed by atoms with Crippen LogP contribution in [0.15, 0.2) is 48.8 Å². The predicted molar refractivity (Wildman–Crippen MR) is 105 cm³/mol. The van der Waals surface area contributed by atoms with Gasteiger partial charge in [0, 0.05) is 18.4 Å². The first-order chi connectivity index (χ1) is 13.6. The van der Waals surface area contributed by atoms with Gasteiger partial charge in [0.15, 0.2) is 0 Å². The minimum atomic E-state index is -0.780. The first-order valence-electron chi connectivity index (χ1n) is 9.41. The van der Waals surface area contributed by atoms with E-state index in [1.54, 1.807) is 22.0 Å². The molecule has 1 amide bonds. The summed E-state index contributed by atoms with van der Waals surface area (Å²) >= 11 is 0. The number of carbonyl (C=O) groups excluding carboxylic acids is 1. The summed E-state index contributed by atoms with van der Waals surface area (Å²) in [5.41, 5.74) is 4.16. The molecule has 0 bridgehead atoms. The van der Waals surface area contributed by atoms with Gasteiger partial charge < -0.3 is 9.80 Å². The molecule has 2 aromatic heterocycles. The van der Waals surface area contributed by atoms with E-state index in [9.17, 15) is 9.18 Å². The smallest absolute Gasteiger partial charge is 0.262 e. The molecule has 0 aliphatic carbocycles. The predicted octanol–water partition coefficient (Wildman–Crippen LogP) is 3.28. The van der Waals surface area contributed by atoms with E-state index in [4.69, 9.17) is 0 Å². The Bertz CT molecular complexity index is 1050. The molecule has 2 aliphatic rings. The number of benzene rings is 1.